The fourth-order valence-electron chi connectivity index (χ4n) is 0.847. The van der Waals surface area contributed by atoms with Gasteiger partial charge in [-0.05, 0) is 18.2 Å². The van der Waals surface area contributed by atoms with Crippen molar-refractivity contribution in [1.29, 1.82) is 5.41 Å². The minimum Gasteiger partial charge on any atom is -0.462 e. The SMILES string of the molecule is N=C(OCN)c1cccc(N)c1. The third-order valence-corrected chi connectivity index (χ3v) is 1.38. The van der Waals surface area contributed by atoms with Gasteiger partial charge in [-0.15, -0.1) is 0 Å². The van der Waals surface area contributed by atoms with Crippen molar-refractivity contribution >= 4 is 11.6 Å². The van der Waals surface area contributed by atoms with Gasteiger partial charge in [0, 0.05) is 11.3 Å². The second kappa shape index (κ2) is 3.73. The Bertz CT molecular complexity index is 285. The molecule has 0 saturated carbocycles. The van der Waals surface area contributed by atoms with Crippen molar-refractivity contribution < 1.29 is 4.74 Å². The van der Waals surface area contributed by atoms with Crippen molar-refractivity contribution in [3.63, 3.8) is 0 Å². The van der Waals surface area contributed by atoms with Crippen LogP contribution < -0.4 is 11.5 Å². The maximum Gasteiger partial charge on any atom is 0.214 e. The zero-order valence-electron chi connectivity index (χ0n) is 6.58. The van der Waals surface area contributed by atoms with E-state index in [1.807, 2.05) is 0 Å². The lowest BCUT2D eigenvalue weighted by molar-refractivity contribution is 0.315. The Labute approximate surface area is 70.6 Å². The van der Waals surface area contributed by atoms with Gasteiger partial charge in [-0.1, -0.05) is 6.07 Å². The molecule has 5 N–H and O–H groups in total. The van der Waals surface area contributed by atoms with Crippen LogP contribution in [0.1, 0.15) is 5.56 Å². The molecular formula is C8H11N3O. The molecule has 0 aliphatic heterocycles. The third kappa shape index (κ3) is 1.96. The summed E-state index contributed by atoms with van der Waals surface area (Å²) < 4.78 is 4.79. The molecule has 0 unspecified atom stereocenters. The van der Waals surface area contributed by atoms with E-state index >= 15 is 0 Å². The standard InChI is InChI=1S/C8H11N3O/c9-5-12-8(11)6-2-1-3-7(10)4-6/h1-4,11H,5,9-10H2. The number of ether oxygens (including phenoxy) is 1. The van der Waals surface area contributed by atoms with Gasteiger partial charge in [-0.25, -0.2) is 0 Å². The van der Waals surface area contributed by atoms with Gasteiger partial charge in [0.25, 0.3) is 0 Å². The molecule has 1 aromatic rings. The van der Waals surface area contributed by atoms with Crippen LogP contribution in [0.5, 0.6) is 0 Å². The van der Waals surface area contributed by atoms with Crippen LogP contribution in [0.25, 0.3) is 0 Å². The third-order valence-electron chi connectivity index (χ3n) is 1.38. The fraction of sp³-hybridized carbons (Fsp3) is 0.125. The summed E-state index contributed by atoms with van der Waals surface area (Å²) in [6.45, 7) is 0.00757. The number of nitrogens with two attached hydrogens (primary N) is 2. The quantitative estimate of drug-likeness (QED) is 0.258. The monoisotopic (exact) mass is 165 g/mol. The summed E-state index contributed by atoms with van der Waals surface area (Å²) in [6.07, 6.45) is 0. The summed E-state index contributed by atoms with van der Waals surface area (Å²) in [4.78, 5) is 0. The average Bonchev–Trinajstić information content (AvgIpc) is 2.05. The Hall–Kier alpha value is -1.55. The number of hydrogen-bond donors (Lipinski definition) is 3. The molecule has 0 atom stereocenters. The molecule has 0 radical (unpaired) electrons. The Morgan fingerprint density at radius 2 is 2.25 bits per heavy atom. The fourth-order valence-corrected chi connectivity index (χ4v) is 0.847. The topological polar surface area (TPSA) is 85.1 Å². The molecule has 0 aliphatic rings. The van der Waals surface area contributed by atoms with E-state index in [1.165, 1.54) is 0 Å². The first-order chi connectivity index (χ1) is 5.74. The van der Waals surface area contributed by atoms with Crippen LogP contribution in [-0.4, -0.2) is 12.6 Å². The normalized spacial score (nSPS) is 9.42. The number of rotatable bonds is 2. The Morgan fingerprint density at radius 1 is 1.50 bits per heavy atom. The van der Waals surface area contributed by atoms with Gasteiger partial charge in [-0.2, -0.15) is 0 Å². The number of hydrogen-bond acceptors (Lipinski definition) is 4. The van der Waals surface area contributed by atoms with Crippen molar-refractivity contribution in [2.45, 2.75) is 0 Å². The van der Waals surface area contributed by atoms with Crippen molar-refractivity contribution in [2.75, 3.05) is 12.5 Å². The highest BCUT2D eigenvalue weighted by Gasteiger charge is 2.00. The van der Waals surface area contributed by atoms with E-state index in [2.05, 4.69) is 0 Å². The summed E-state index contributed by atoms with van der Waals surface area (Å²) in [6, 6.07) is 6.92. The molecule has 0 fully saturated rings. The number of anilines is 1. The zero-order chi connectivity index (χ0) is 8.97. The van der Waals surface area contributed by atoms with Gasteiger partial charge < -0.3 is 10.5 Å². The second-order valence-corrected chi connectivity index (χ2v) is 2.27. The van der Waals surface area contributed by atoms with E-state index in [1.54, 1.807) is 24.3 Å². The Morgan fingerprint density at radius 3 is 2.83 bits per heavy atom. The summed E-state index contributed by atoms with van der Waals surface area (Å²) in [5.74, 6) is 0.0461. The highest BCUT2D eigenvalue weighted by atomic mass is 16.5. The Balaban J connectivity index is 2.81. The van der Waals surface area contributed by atoms with Crippen molar-refractivity contribution in [3.05, 3.63) is 29.8 Å². The number of benzene rings is 1. The largest absolute Gasteiger partial charge is 0.462 e. The summed E-state index contributed by atoms with van der Waals surface area (Å²) in [5.41, 5.74) is 11.9. The van der Waals surface area contributed by atoms with Crippen LogP contribution in [-0.2, 0) is 4.74 Å². The zero-order valence-corrected chi connectivity index (χ0v) is 6.58. The van der Waals surface area contributed by atoms with Gasteiger partial charge in [0.2, 0.25) is 5.90 Å². The molecule has 0 heterocycles. The summed E-state index contributed by atoms with van der Waals surface area (Å²) in [5, 5.41) is 7.37. The molecule has 0 amide bonds. The number of nitrogens with one attached hydrogen (secondary N) is 1. The minimum absolute atomic E-state index is 0.00757. The van der Waals surface area contributed by atoms with Gasteiger partial charge in [0.05, 0.1) is 0 Å². The van der Waals surface area contributed by atoms with Crippen LogP contribution in [0.2, 0.25) is 0 Å². The van der Waals surface area contributed by atoms with Crippen LogP contribution >= 0.6 is 0 Å². The van der Waals surface area contributed by atoms with Crippen LogP contribution in [0.15, 0.2) is 24.3 Å². The molecule has 0 aromatic heterocycles. The second-order valence-electron chi connectivity index (χ2n) is 2.27. The summed E-state index contributed by atoms with van der Waals surface area (Å²) in [7, 11) is 0. The molecule has 4 heteroatoms. The van der Waals surface area contributed by atoms with E-state index < -0.39 is 0 Å². The first kappa shape index (κ1) is 8.55. The highest BCUT2D eigenvalue weighted by Crippen LogP contribution is 2.07. The van der Waals surface area contributed by atoms with E-state index in [9.17, 15) is 0 Å². The molecule has 0 aliphatic carbocycles. The molecule has 64 valence electrons. The summed E-state index contributed by atoms with van der Waals surface area (Å²) >= 11 is 0. The van der Waals surface area contributed by atoms with Crippen molar-refractivity contribution in [2.24, 2.45) is 5.73 Å². The van der Waals surface area contributed by atoms with Crippen LogP contribution in [0, 0.1) is 5.41 Å². The molecule has 1 rings (SSSR count). The van der Waals surface area contributed by atoms with Crippen molar-refractivity contribution in [3.8, 4) is 0 Å². The maximum absolute atomic E-state index is 7.37. The first-order valence-electron chi connectivity index (χ1n) is 3.51. The lowest BCUT2D eigenvalue weighted by Gasteiger charge is -2.04. The molecule has 4 nitrogen and oxygen atoms in total. The lowest BCUT2D eigenvalue weighted by Crippen LogP contribution is -2.12. The molecule has 1 aromatic carbocycles. The molecule has 0 spiro atoms. The lowest BCUT2D eigenvalue weighted by atomic mass is 10.2. The van der Waals surface area contributed by atoms with Crippen molar-refractivity contribution in [1.82, 2.24) is 0 Å². The van der Waals surface area contributed by atoms with Gasteiger partial charge in [-0.3, -0.25) is 11.1 Å². The van der Waals surface area contributed by atoms with E-state index in [-0.39, 0.29) is 12.6 Å². The number of nitrogen functional groups attached to an aromatic ring is 1. The van der Waals surface area contributed by atoms with Crippen LogP contribution in [0.4, 0.5) is 5.69 Å². The van der Waals surface area contributed by atoms with Crippen LogP contribution in [0.3, 0.4) is 0 Å². The predicted octanol–water partition coefficient (Wildman–Crippen LogP) is 0.527. The first-order valence-corrected chi connectivity index (χ1v) is 3.51. The minimum atomic E-state index is 0.00757. The molecule has 12 heavy (non-hydrogen) atoms. The van der Waals surface area contributed by atoms with E-state index in [0.717, 1.165) is 0 Å². The van der Waals surface area contributed by atoms with Gasteiger partial charge in [0.15, 0.2) is 0 Å². The van der Waals surface area contributed by atoms with Gasteiger partial charge >= 0.3 is 0 Å². The predicted molar refractivity (Wildman–Crippen MR) is 47.8 cm³/mol. The molecule has 0 saturated heterocycles. The smallest absolute Gasteiger partial charge is 0.214 e. The van der Waals surface area contributed by atoms with Gasteiger partial charge in [0.1, 0.15) is 6.73 Å². The van der Waals surface area contributed by atoms with E-state index in [4.69, 9.17) is 21.6 Å². The average molecular weight is 165 g/mol. The molecular weight excluding hydrogens is 154 g/mol. The molecule has 0 bridgehead atoms. The highest BCUT2D eigenvalue weighted by molar-refractivity contribution is 5.92. The maximum atomic E-state index is 7.37. The van der Waals surface area contributed by atoms with E-state index in [0.29, 0.717) is 11.3 Å². The Kier molecular flexibility index (Phi) is 2.66.